The summed E-state index contributed by atoms with van der Waals surface area (Å²) in [6.45, 7) is 3.30. The summed E-state index contributed by atoms with van der Waals surface area (Å²) in [6, 6.07) is 5.30. The quantitative estimate of drug-likeness (QED) is 0.788. The largest absolute Gasteiger partial charge is 0.389 e. The highest BCUT2D eigenvalue weighted by Gasteiger charge is 2.36. The van der Waals surface area contributed by atoms with Crippen molar-refractivity contribution in [3.8, 4) is 0 Å². The van der Waals surface area contributed by atoms with Crippen molar-refractivity contribution in [1.29, 1.82) is 0 Å². The van der Waals surface area contributed by atoms with Gasteiger partial charge in [0.1, 0.15) is 0 Å². The van der Waals surface area contributed by atoms with Gasteiger partial charge in [-0.25, -0.2) is 8.42 Å². The molecule has 0 aliphatic carbocycles. The fraction of sp³-hybridized carbons (Fsp3) is 0.455. The summed E-state index contributed by atoms with van der Waals surface area (Å²) in [4.78, 5) is 0.354. The van der Waals surface area contributed by atoms with E-state index in [1.807, 2.05) is 6.07 Å². The van der Waals surface area contributed by atoms with Crippen molar-refractivity contribution in [3.63, 3.8) is 0 Å². The molecular weight excluding hydrogens is 212 g/mol. The topological polar surface area (TPSA) is 54.4 Å². The second-order valence-electron chi connectivity index (χ2n) is 4.07. The van der Waals surface area contributed by atoms with Gasteiger partial charge in [-0.1, -0.05) is 18.2 Å². The van der Waals surface area contributed by atoms with E-state index in [1.54, 1.807) is 26.0 Å². The van der Waals surface area contributed by atoms with Crippen molar-refractivity contribution in [2.24, 2.45) is 0 Å². The molecule has 1 heterocycles. The molecule has 0 fully saturated rings. The second kappa shape index (κ2) is 3.32. The molecule has 0 saturated heterocycles. The van der Waals surface area contributed by atoms with E-state index in [9.17, 15) is 13.5 Å². The SMILES string of the molecule is CC(O)c1cccc2c1S(=O)(=O)C(C)C2. The average Bonchev–Trinajstić information content (AvgIpc) is 2.38. The molecule has 0 bridgehead atoms. The number of aliphatic hydroxyl groups is 1. The van der Waals surface area contributed by atoms with E-state index in [2.05, 4.69) is 0 Å². The van der Waals surface area contributed by atoms with Crippen LogP contribution in [0.3, 0.4) is 0 Å². The normalized spacial score (nSPS) is 24.9. The molecule has 2 unspecified atom stereocenters. The zero-order valence-corrected chi connectivity index (χ0v) is 9.58. The van der Waals surface area contributed by atoms with Crippen molar-refractivity contribution in [2.75, 3.05) is 0 Å². The molecule has 2 atom stereocenters. The number of sulfone groups is 1. The third-order valence-electron chi connectivity index (χ3n) is 2.90. The smallest absolute Gasteiger partial charge is 0.181 e. The second-order valence-corrected chi connectivity index (χ2v) is 6.37. The lowest BCUT2D eigenvalue weighted by Gasteiger charge is -2.10. The van der Waals surface area contributed by atoms with Crippen molar-refractivity contribution < 1.29 is 13.5 Å². The minimum Gasteiger partial charge on any atom is -0.389 e. The highest BCUT2D eigenvalue weighted by Crippen LogP contribution is 2.36. The number of fused-ring (bicyclic) bond motifs is 1. The third-order valence-corrected chi connectivity index (χ3v) is 5.19. The van der Waals surface area contributed by atoms with Crippen LogP contribution in [0.4, 0.5) is 0 Å². The molecule has 1 aliphatic rings. The lowest BCUT2D eigenvalue weighted by atomic mass is 10.0. The summed E-state index contributed by atoms with van der Waals surface area (Å²) in [6.07, 6.45) is -0.182. The van der Waals surface area contributed by atoms with Gasteiger partial charge in [0, 0.05) is 0 Å². The standard InChI is InChI=1S/C11H14O3S/c1-7-6-9-4-3-5-10(8(2)12)11(9)15(7,13)14/h3-5,7-8,12H,6H2,1-2H3. The first-order valence-electron chi connectivity index (χ1n) is 4.98. The fourth-order valence-corrected chi connectivity index (χ4v) is 3.95. The van der Waals surface area contributed by atoms with Crippen LogP contribution >= 0.6 is 0 Å². The number of hydrogen-bond donors (Lipinski definition) is 1. The lowest BCUT2D eigenvalue weighted by molar-refractivity contribution is 0.196. The predicted octanol–water partition coefficient (Wildman–Crippen LogP) is 1.46. The summed E-state index contributed by atoms with van der Waals surface area (Å²) in [5.74, 6) is 0. The summed E-state index contributed by atoms with van der Waals surface area (Å²) in [5.41, 5.74) is 1.36. The molecule has 0 saturated carbocycles. The Morgan fingerprint density at radius 1 is 1.47 bits per heavy atom. The van der Waals surface area contributed by atoms with E-state index >= 15 is 0 Å². The molecule has 4 heteroatoms. The van der Waals surface area contributed by atoms with Gasteiger partial charge in [-0.05, 0) is 31.4 Å². The van der Waals surface area contributed by atoms with E-state index in [0.717, 1.165) is 5.56 Å². The molecule has 1 aromatic rings. The summed E-state index contributed by atoms with van der Waals surface area (Å²) in [7, 11) is -3.22. The molecule has 1 N–H and O–H groups in total. The molecule has 1 aromatic carbocycles. The zero-order valence-electron chi connectivity index (χ0n) is 8.77. The Labute approximate surface area is 89.7 Å². The number of aliphatic hydroxyl groups excluding tert-OH is 1. The van der Waals surface area contributed by atoms with Gasteiger partial charge in [0.25, 0.3) is 0 Å². The number of benzene rings is 1. The molecule has 3 nitrogen and oxygen atoms in total. The van der Waals surface area contributed by atoms with Crippen LogP contribution in [0, 0.1) is 0 Å². The Morgan fingerprint density at radius 3 is 2.73 bits per heavy atom. The minimum absolute atomic E-state index is 0.354. The van der Waals surface area contributed by atoms with Gasteiger partial charge in [-0.2, -0.15) is 0 Å². The van der Waals surface area contributed by atoms with Crippen LogP contribution in [0.2, 0.25) is 0 Å². The van der Waals surface area contributed by atoms with Crippen molar-refractivity contribution in [1.82, 2.24) is 0 Å². The first kappa shape index (κ1) is 10.6. The van der Waals surface area contributed by atoms with E-state index < -0.39 is 15.9 Å². The Morgan fingerprint density at radius 2 is 2.13 bits per heavy atom. The Bertz CT molecular complexity index is 489. The Kier molecular flexibility index (Phi) is 2.35. The maximum Gasteiger partial charge on any atom is 0.181 e. The molecule has 1 aliphatic heterocycles. The molecule has 0 amide bonds. The van der Waals surface area contributed by atoms with Gasteiger partial charge in [-0.15, -0.1) is 0 Å². The van der Waals surface area contributed by atoms with Gasteiger partial charge in [0.2, 0.25) is 0 Å². The van der Waals surface area contributed by atoms with Gasteiger partial charge in [-0.3, -0.25) is 0 Å². The maximum atomic E-state index is 12.0. The van der Waals surface area contributed by atoms with Crippen LogP contribution in [0.1, 0.15) is 31.1 Å². The molecular formula is C11H14O3S. The monoisotopic (exact) mass is 226 g/mol. The minimum atomic E-state index is -3.22. The van der Waals surface area contributed by atoms with E-state index in [4.69, 9.17) is 0 Å². The van der Waals surface area contributed by atoms with Crippen LogP contribution in [-0.2, 0) is 16.3 Å². The predicted molar refractivity (Wildman–Crippen MR) is 57.4 cm³/mol. The van der Waals surface area contributed by atoms with Crippen LogP contribution in [0.15, 0.2) is 23.1 Å². The van der Waals surface area contributed by atoms with Gasteiger partial charge in [0.15, 0.2) is 9.84 Å². The third kappa shape index (κ3) is 1.48. The molecule has 2 rings (SSSR count). The molecule has 15 heavy (non-hydrogen) atoms. The number of hydrogen-bond acceptors (Lipinski definition) is 3. The number of rotatable bonds is 1. The lowest BCUT2D eigenvalue weighted by Crippen LogP contribution is -2.13. The fourth-order valence-electron chi connectivity index (χ4n) is 2.06. The Balaban J connectivity index is 2.73. The maximum absolute atomic E-state index is 12.0. The van der Waals surface area contributed by atoms with Gasteiger partial charge >= 0.3 is 0 Å². The van der Waals surface area contributed by atoms with E-state index in [0.29, 0.717) is 16.9 Å². The molecule has 0 radical (unpaired) electrons. The Hall–Kier alpha value is -0.870. The molecule has 82 valence electrons. The van der Waals surface area contributed by atoms with Gasteiger partial charge < -0.3 is 5.11 Å². The first-order chi connectivity index (χ1) is 6.94. The first-order valence-corrected chi connectivity index (χ1v) is 6.53. The van der Waals surface area contributed by atoms with Gasteiger partial charge in [0.05, 0.1) is 16.2 Å². The van der Waals surface area contributed by atoms with Crippen LogP contribution in [0.25, 0.3) is 0 Å². The van der Waals surface area contributed by atoms with E-state index in [-0.39, 0.29) is 5.25 Å². The summed E-state index contributed by atoms with van der Waals surface area (Å²) < 4.78 is 24.0. The highest BCUT2D eigenvalue weighted by atomic mass is 32.2. The van der Waals surface area contributed by atoms with Crippen LogP contribution < -0.4 is 0 Å². The molecule has 0 spiro atoms. The zero-order chi connectivity index (χ0) is 11.2. The summed E-state index contributed by atoms with van der Waals surface area (Å²) >= 11 is 0. The van der Waals surface area contributed by atoms with Crippen molar-refractivity contribution >= 4 is 9.84 Å². The van der Waals surface area contributed by atoms with Crippen molar-refractivity contribution in [2.45, 2.75) is 36.5 Å². The van der Waals surface area contributed by atoms with Crippen molar-refractivity contribution in [3.05, 3.63) is 29.3 Å². The van der Waals surface area contributed by atoms with Crippen LogP contribution in [0.5, 0.6) is 0 Å². The highest BCUT2D eigenvalue weighted by molar-refractivity contribution is 7.92. The van der Waals surface area contributed by atoms with Crippen LogP contribution in [-0.4, -0.2) is 18.8 Å². The molecule has 0 aromatic heterocycles. The average molecular weight is 226 g/mol. The summed E-state index contributed by atoms with van der Waals surface area (Å²) in [5, 5.41) is 9.17. The van der Waals surface area contributed by atoms with E-state index in [1.165, 1.54) is 0 Å².